The summed E-state index contributed by atoms with van der Waals surface area (Å²) >= 11 is 6.08. The summed E-state index contributed by atoms with van der Waals surface area (Å²) in [6.07, 6.45) is 0.394. The molecule has 3 unspecified atom stereocenters. The van der Waals surface area contributed by atoms with Gasteiger partial charge in [-0.25, -0.2) is 0 Å². The topological polar surface area (TPSA) is 66.8 Å². The predicted octanol–water partition coefficient (Wildman–Crippen LogP) is 3.07. The van der Waals surface area contributed by atoms with E-state index in [1.54, 1.807) is 29.2 Å². The number of hydrogen-bond acceptors (Lipinski definition) is 3. The molecule has 1 fully saturated rings. The minimum Gasteiger partial charge on any atom is -0.481 e. The lowest BCUT2D eigenvalue weighted by Gasteiger charge is -2.36. The second-order valence-corrected chi connectivity index (χ2v) is 6.35. The molecule has 1 heterocycles. The maximum atomic E-state index is 12.7. The van der Waals surface area contributed by atoms with Crippen LogP contribution in [-0.2, 0) is 9.59 Å². The molecule has 126 valence electrons. The average molecular weight is 340 g/mol. The van der Waals surface area contributed by atoms with E-state index in [0.29, 0.717) is 36.7 Å². The molecule has 1 aromatic rings. The van der Waals surface area contributed by atoms with Crippen LogP contribution in [0.1, 0.15) is 26.7 Å². The number of carboxylic acids is 1. The summed E-state index contributed by atoms with van der Waals surface area (Å²) in [6.45, 7) is 4.64. The molecule has 6 heteroatoms. The largest absolute Gasteiger partial charge is 0.481 e. The summed E-state index contributed by atoms with van der Waals surface area (Å²) < 4.78 is 5.78. The normalized spacial score (nSPS) is 22.5. The lowest BCUT2D eigenvalue weighted by Crippen LogP contribution is -2.49. The summed E-state index contributed by atoms with van der Waals surface area (Å²) in [4.78, 5) is 25.5. The number of aliphatic carboxylic acids is 1. The molecule has 0 aliphatic carbocycles. The van der Waals surface area contributed by atoms with Gasteiger partial charge < -0.3 is 14.7 Å². The lowest BCUT2D eigenvalue weighted by atomic mass is 9.87. The van der Waals surface area contributed by atoms with Crippen LogP contribution >= 0.6 is 11.6 Å². The zero-order valence-corrected chi connectivity index (χ0v) is 14.1. The summed E-state index contributed by atoms with van der Waals surface area (Å²) in [6, 6.07) is 7.06. The van der Waals surface area contributed by atoms with Gasteiger partial charge in [0.05, 0.1) is 10.9 Å². The van der Waals surface area contributed by atoms with Crippen LogP contribution in [0.2, 0.25) is 5.02 Å². The van der Waals surface area contributed by atoms with Gasteiger partial charge in [-0.1, -0.05) is 37.6 Å². The van der Waals surface area contributed by atoms with Gasteiger partial charge in [0.15, 0.2) is 6.10 Å². The predicted molar refractivity (Wildman–Crippen MR) is 87.6 cm³/mol. The van der Waals surface area contributed by atoms with Crippen molar-refractivity contribution in [3.8, 4) is 5.75 Å². The van der Waals surface area contributed by atoms with Crippen molar-refractivity contribution in [1.82, 2.24) is 4.90 Å². The molecule has 0 saturated carbocycles. The van der Waals surface area contributed by atoms with Gasteiger partial charge in [0.2, 0.25) is 0 Å². The zero-order chi connectivity index (χ0) is 17.0. The Balaban J connectivity index is 2.03. The number of likely N-dealkylation sites (tertiary alicyclic amines) is 1. The van der Waals surface area contributed by atoms with Crippen LogP contribution in [0.25, 0.3) is 0 Å². The molecule has 1 aliphatic heterocycles. The van der Waals surface area contributed by atoms with E-state index in [2.05, 4.69) is 0 Å². The number of nitrogens with zero attached hydrogens (tertiary/aromatic N) is 1. The number of carbonyl (C=O) groups is 2. The third-order valence-corrected chi connectivity index (χ3v) is 4.60. The number of benzene rings is 1. The summed E-state index contributed by atoms with van der Waals surface area (Å²) in [5.41, 5.74) is 0. The van der Waals surface area contributed by atoms with Gasteiger partial charge in [-0.05, 0) is 30.9 Å². The van der Waals surface area contributed by atoms with E-state index in [1.165, 1.54) is 0 Å². The number of carboxylic acid groups (broad SMARTS) is 1. The highest BCUT2D eigenvalue weighted by atomic mass is 35.5. The number of piperidine rings is 1. The Hall–Kier alpha value is -1.75. The molecule has 1 saturated heterocycles. The van der Waals surface area contributed by atoms with Crippen molar-refractivity contribution in [2.24, 2.45) is 11.8 Å². The van der Waals surface area contributed by atoms with Crippen LogP contribution in [0.4, 0.5) is 0 Å². The minimum atomic E-state index is -0.788. The number of amides is 1. The van der Waals surface area contributed by atoms with E-state index < -0.39 is 12.1 Å². The highest BCUT2D eigenvalue weighted by Crippen LogP contribution is 2.27. The first-order chi connectivity index (χ1) is 10.9. The lowest BCUT2D eigenvalue weighted by molar-refractivity contribution is -0.150. The molecule has 2 rings (SSSR count). The maximum Gasteiger partial charge on any atom is 0.306 e. The third-order valence-electron chi connectivity index (χ3n) is 4.29. The minimum absolute atomic E-state index is 0.0666. The molecule has 1 aromatic carbocycles. The van der Waals surface area contributed by atoms with Crippen molar-refractivity contribution in [3.05, 3.63) is 29.3 Å². The monoisotopic (exact) mass is 339 g/mol. The van der Waals surface area contributed by atoms with Gasteiger partial charge in [0.25, 0.3) is 5.91 Å². The molecular weight excluding hydrogens is 318 g/mol. The molecule has 0 aromatic heterocycles. The van der Waals surface area contributed by atoms with Crippen LogP contribution in [-0.4, -0.2) is 41.1 Å². The van der Waals surface area contributed by atoms with E-state index in [1.807, 2.05) is 13.8 Å². The van der Waals surface area contributed by atoms with Gasteiger partial charge in [-0.15, -0.1) is 0 Å². The average Bonchev–Trinajstić information content (AvgIpc) is 2.53. The second-order valence-electron chi connectivity index (χ2n) is 5.94. The third kappa shape index (κ3) is 4.16. The Morgan fingerprint density at radius 1 is 1.43 bits per heavy atom. The summed E-state index contributed by atoms with van der Waals surface area (Å²) in [5, 5.41) is 9.64. The van der Waals surface area contributed by atoms with Crippen molar-refractivity contribution in [1.29, 1.82) is 0 Å². The Morgan fingerprint density at radius 2 is 2.13 bits per heavy atom. The van der Waals surface area contributed by atoms with Crippen LogP contribution < -0.4 is 4.74 Å². The van der Waals surface area contributed by atoms with E-state index in [-0.39, 0.29) is 17.7 Å². The fourth-order valence-electron chi connectivity index (χ4n) is 2.92. The summed E-state index contributed by atoms with van der Waals surface area (Å²) in [5.74, 6) is -0.860. The quantitative estimate of drug-likeness (QED) is 0.895. The molecule has 5 nitrogen and oxygen atoms in total. The Labute approximate surface area is 141 Å². The number of halogens is 1. The molecule has 1 aliphatic rings. The number of ether oxygens (including phenoxy) is 1. The number of rotatable bonds is 5. The summed E-state index contributed by atoms with van der Waals surface area (Å²) in [7, 11) is 0. The molecule has 0 radical (unpaired) electrons. The standard InChI is InChI=1S/C17H22ClNO4/c1-3-14(23-15-7-5-4-6-13(15)18)16(20)19-9-8-12(17(21)22)11(2)10-19/h4-7,11-12,14H,3,8-10H2,1-2H3,(H,21,22). The van der Waals surface area contributed by atoms with Crippen LogP contribution in [0.5, 0.6) is 5.75 Å². The van der Waals surface area contributed by atoms with E-state index in [0.717, 1.165) is 0 Å². The number of para-hydroxylation sites is 1. The van der Waals surface area contributed by atoms with Crippen molar-refractivity contribution in [2.75, 3.05) is 13.1 Å². The van der Waals surface area contributed by atoms with Gasteiger partial charge in [0, 0.05) is 13.1 Å². The Kier molecular flexibility index (Phi) is 5.88. The van der Waals surface area contributed by atoms with Crippen molar-refractivity contribution in [3.63, 3.8) is 0 Å². The highest BCUT2D eigenvalue weighted by Gasteiger charge is 2.35. The molecular formula is C17H22ClNO4. The first-order valence-corrected chi connectivity index (χ1v) is 8.24. The highest BCUT2D eigenvalue weighted by molar-refractivity contribution is 6.32. The SMILES string of the molecule is CCC(Oc1ccccc1Cl)C(=O)N1CCC(C(=O)O)C(C)C1. The maximum absolute atomic E-state index is 12.7. The number of hydrogen-bond donors (Lipinski definition) is 1. The molecule has 1 N–H and O–H groups in total. The van der Waals surface area contributed by atoms with Crippen LogP contribution in [0.3, 0.4) is 0 Å². The molecule has 23 heavy (non-hydrogen) atoms. The van der Waals surface area contributed by atoms with Crippen LogP contribution in [0.15, 0.2) is 24.3 Å². The fraction of sp³-hybridized carbons (Fsp3) is 0.529. The van der Waals surface area contributed by atoms with Gasteiger partial charge in [-0.2, -0.15) is 0 Å². The molecule has 0 spiro atoms. The number of carbonyl (C=O) groups excluding carboxylic acids is 1. The molecule has 0 bridgehead atoms. The van der Waals surface area contributed by atoms with Crippen molar-refractivity contribution >= 4 is 23.5 Å². The Morgan fingerprint density at radius 3 is 2.70 bits per heavy atom. The van der Waals surface area contributed by atoms with Crippen molar-refractivity contribution in [2.45, 2.75) is 32.8 Å². The van der Waals surface area contributed by atoms with E-state index in [9.17, 15) is 14.7 Å². The van der Waals surface area contributed by atoms with Gasteiger partial charge in [0.1, 0.15) is 5.75 Å². The van der Waals surface area contributed by atoms with E-state index >= 15 is 0 Å². The first-order valence-electron chi connectivity index (χ1n) is 7.86. The first kappa shape index (κ1) is 17.6. The zero-order valence-electron chi connectivity index (χ0n) is 13.4. The van der Waals surface area contributed by atoms with Crippen LogP contribution in [0, 0.1) is 11.8 Å². The van der Waals surface area contributed by atoms with Gasteiger partial charge in [-0.3, -0.25) is 9.59 Å². The van der Waals surface area contributed by atoms with Gasteiger partial charge >= 0.3 is 5.97 Å². The smallest absolute Gasteiger partial charge is 0.306 e. The van der Waals surface area contributed by atoms with Crippen molar-refractivity contribution < 1.29 is 19.4 Å². The Bertz CT molecular complexity index is 577. The van der Waals surface area contributed by atoms with E-state index in [4.69, 9.17) is 16.3 Å². The second kappa shape index (κ2) is 7.68. The molecule has 3 atom stereocenters. The molecule has 1 amide bonds. The fourth-order valence-corrected chi connectivity index (χ4v) is 3.10.